The van der Waals surface area contributed by atoms with Crippen molar-refractivity contribution in [3.63, 3.8) is 0 Å². The Morgan fingerprint density at radius 2 is 1.75 bits per heavy atom. The third kappa shape index (κ3) is 2.15. The van der Waals surface area contributed by atoms with Crippen LogP contribution in [0.3, 0.4) is 0 Å². The van der Waals surface area contributed by atoms with E-state index < -0.39 is 17.3 Å². The zero-order chi connectivity index (χ0) is 16.9. The van der Waals surface area contributed by atoms with Crippen molar-refractivity contribution in [1.29, 1.82) is 0 Å². The van der Waals surface area contributed by atoms with Crippen molar-refractivity contribution in [3.8, 4) is 5.69 Å². The van der Waals surface area contributed by atoms with Gasteiger partial charge in [0.25, 0.3) is 0 Å². The summed E-state index contributed by atoms with van der Waals surface area (Å²) in [5, 5.41) is 3.69. The van der Waals surface area contributed by atoms with E-state index in [0.29, 0.717) is 5.69 Å². The van der Waals surface area contributed by atoms with Crippen molar-refractivity contribution in [2.45, 2.75) is 6.18 Å². The highest BCUT2D eigenvalue weighted by Crippen LogP contribution is 2.29. The Morgan fingerprint density at radius 1 is 1.04 bits per heavy atom. The monoisotopic (exact) mass is 331 g/mol. The number of fused-ring (bicyclic) bond motifs is 3. The van der Waals surface area contributed by atoms with Gasteiger partial charge in [-0.3, -0.25) is 0 Å². The molecule has 0 bridgehead atoms. The normalized spacial score (nSPS) is 12.1. The highest BCUT2D eigenvalue weighted by molar-refractivity contribution is 5.75. The average molecular weight is 331 g/mol. The fourth-order valence-electron chi connectivity index (χ4n) is 2.57. The van der Waals surface area contributed by atoms with Gasteiger partial charge in [-0.25, -0.2) is 4.79 Å². The Kier molecular flexibility index (Phi) is 2.96. The lowest BCUT2D eigenvalue weighted by Gasteiger charge is -2.05. The first kappa shape index (κ1) is 14.4. The van der Waals surface area contributed by atoms with Gasteiger partial charge >= 0.3 is 17.4 Å². The number of hydrogen-bond acceptors (Lipinski definition) is 2. The van der Waals surface area contributed by atoms with E-state index in [2.05, 4.69) is 10.2 Å². The van der Waals surface area contributed by atoms with Crippen molar-refractivity contribution in [3.05, 3.63) is 70.6 Å². The van der Waals surface area contributed by atoms with Gasteiger partial charge in [0.05, 0.1) is 10.9 Å². The summed E-state index contributed by atoms with van der Waals surface area (Å²) in [6.07, 6.45) is -2.84. The van der Waals surface area contributed by atoms with Crippen molar-refractivity contribution in [1.82, 2.24) is 14.9 Å². The SMILES string of the molecule is O=c1c2ncc3ccccc3[n+]2[nH]n1-c1ccc(C(F)(F)F)cc1. The molecule has 0 spiro atoms. The Balaban J connectivity index is 1.93. The van der Waals surface area contributed by atoms with Gasteiger partial charge in [0.15, 0.2) is 0 Å². The summed E-state index contributed by atoms with van der Waals surface area (Å²) in [4.78, 5) is 16.6. The molecule has 0 atom stereocenters. The number of rotatable bonds is 1. The van der Waals surface area contributed by atoms with E-state index in [0.717, 1.165) is 27.7 Å². The lowest BCUT2D eigenvalue weighted by atomic mass is 10.2. The Hall–Kier alpha value is -3.16. The molecule has 2 heterocycles. The zero-order valence-corrected chi connectivity index (χ0v) is 12.1. The third-order valence-corrected chi connectivity index (χ3v) is 3.76. The number of H-pyrrole nitrogens is 1. The van der Waals surface area contributed by atoms with Crippen LogP contribution in [-0.4, -0.2) is 14.9 Å². The van der Waals surface area contributed by atoms with Crippen molar-refractivity contribution in [2.75, 3.05) is 0 Å². The molecule has 5 nitrogen and oxygen atoms in total. The molecule has 8 heteroatoms. The smallest absolute Gasteiger partial charge is 0.241 e. The van der Waals surface area contributed by atoms with Crippen LogP contribution in [0.1, 0.15) is 5.56 Å². The van der Waals surface area contributed by atoms with Gasteiger partial charge in [-0.15, -0.1) is 19.4 Å². The first-order valence-corrected chi connectivity index (χ1v) is 7.03. The summed E-state index contributed by atoms with van der Waals surface area (Å²) in [5.74, 6) is 0. The summed E-state index contributed by atoms with van der Waals surface area (Å²) in [6.45, 7) is 0. The van der Waals surface area contributed by atoms with E-state index in [1.807, 2.05) is 24.3 Å². The highest BCUT2D eigenvalue weighted by atomic mass is 19.4. The molecule has 0 aliphatic rings. The number of aromatic amines is 1. The minimum atomic E-state index is -4.42. The summed E-state index contributed by atoms with van der Waals surface area (Å²) >= 11 is 0. The fraction of sp³-hybridized carbons (Fsp3) is 0.0625. The molecule has 0 aliphatic carbocycles. The van der Waals surface area contributed by atoms with Gasteiger partial charge in [-0.2, -0.15) is 13.2 Å². The average Bonchev–Trinajstić information content (AvgIpc) is 2.92. The second kappa shape index (κ2) is 4.92. The van der Waals surface area contributed by atoms with Crippen LogP contribution in [0, 0.1) is 0 Å². The third-order valence-electron chi connectivity index (χ3n) is 3.76. The molecule has 0 saturated carbocycles. The second-order valence-electron chi connectivity index (χ2n) is 5.26. The fourth-order valence-corrected chi connectivity index (χ4v) is 2.57. The van der Waals surface area contributed by atoms with Crippen LogP contribution in [-0.2, 0) is 6.18 Å². The number of alkyl halides is 3. The number of para-hydroxylation sites is 1. The number of nitrogens with one attached hydrogen (secondary N) is 1. The molecule has 0 saturated heterocycles. The maximum Gasteiger partial charge on any atom is 0.416 e. The van der Waals surface area contributed by atoms with E-state index in [-0.39, 0.29) is 5.65 Å². The predicted molar refractivity (Wildman–Crippen MR) is 79.9 cm³/mol. The number of benzene rings is 2. The molecule has 4 rings (SSSR count). The molecular weight excluding hydrogens is 321 g/mol. The van der Waals surface area contributed by atoms with E-state index in [1.165, 1.54) is 16.6 Å². The van der Waals surface area contributed by atoms with Gasteiger partial charge in [0.2, 0.25) is 0 Å². The Labute approximate surface area is 132 Å². The van der Waals surface area contributed by atoms with Crippen LogP contribution < -0.4 is 10.1 Å². The predicted octanol–water partition coefficient (Wildman–Crippen LogP) is 2.47. The Bertz CT molecular complexity index is 1110. The quantitative estimate of drug-likeness (QED) is 0.545. The summed E-state index contributed by atoms with van der Waals surface area (Å²) in [5.41, 5.74) is -0.0198. The van der Waals surface area contributed by atoms with E-state index >= 15 is 0 Å². The van der Waals surface area contributed by atoms with Crippen LogP contribution in [0.2, 0.25) is 0 Å². The topological polar surface area (TPSA) is 54.8 Å². The Morgan fingerprint density at radius 3 is 2.46 bits per heavy atom. The number of aromatic nitrogens is 4. The van der Waals surface area contributed by atoms with Crippen molar-refractivity contribution >= 4 is 16.6 Å². The van der Waals surface area contributed by atoms with Crippen LogP contribution >= 0.6 is 0 Å². The first-order chi connectivity index (χ1) is 11.4. The zero-order valence-electron chi connectivity index (χ0n) is 12.1. The lowest BCUT2D eigenvalue weighted by molar-refractivity contribution is -0.557. The van der Waals surface area contributed by atoms with Gasteiger partial charge in [0, 0.05) is 0 Å². The molecule has 120 valence electrons. The summed E-state index contributed by atoms with van der Waals surface area (Å²) in [7, 11) is 0. The molecular formula is C16H10F3N4O+. The highest BCUT2D eigenvalue weighted by Gasteiger charge is 2.30. The molecule has 0 unspecified atom stereocenters. The molecule has 24 heavy (non-hydrogen) atoms. The van der Waals surface area contributed by atoms with Crippen molar-refractivity contribution in [2.24, 2.45) is 0 Å². The van der Waals surface area contributed by atoms with Crippen LogP contribution in [0.25, 0.3) is 22.2 Å². The van der Waals surface area contributed by atoms with E-state index in [1.54, 1.807) is 6.20 Å². The number of nitrogens with zero attached hydrogens (tertiary/aromatic N) is 3. The lowest BCUT2D eigenvalue weighted by Crippen LogP contribution is -2.27. The minimum Gasteiger partial charge on any atom is -0.241 e. The van der Waals surface area contributed by atoms with Gasteiger partial charge < -0.3 is 0 Å². The number of hydrogen-bond donors (Lipinski definition) is 1. The second-order valence-corrected chi connectivity index (χ2v) is 5.26. The van der Waals surface area contributed by atoms with Crippen molar-refractivity contribution < 1.29 is 17.7 Å². The molecule has 2 aromatic carbocycles. The largest absolute Gasteiger partial charge is 0.416 e. The molecule has 2 aromatic heterocycles. The maximum atomic E-state index is 12.7. The first-order valence-electron chi connectivity index (χ1n) is 7.03. The van der Waals surface area contributed by atoms with Gasteiger partial charge in [-0.05, 0) is 36.4 Å². The molecule has 4 aromatic rings. The standard InChI is InChI=1S/C16H9F3N4O/c17-16(18,19)11-5-7-12(8-6-11)22-15(24)14-20-9-10-3-1-2-4-13(10)23(14)21-22/h1-9H/p+1. The van der Waals surface area contributed by atoms with Gasteiger partial charge in [-0.1, -0.05) is 12.1 Å². The summed E-state index contributed by atoms with van der Waals surface area (Å²) < 4.78 is 40.6. The molecule has 1 N–H and O–H groups in total. The molecule has 0 radical (unpaired) electrons. The summed E-state index contributed by atoms with van der Waals surface area (Å²) in [6, 6.07) is 11.7. The van der Waals surface area contributed by atoms with Crippen LogP contribution in [0.5, 0.6) is 0 Å². The minimum absolute atomic E-state index is 0.161. The van der Waals surface area contributed by atoms with Crippen LogP contribution in [0.4, 0.5) is 13.2 Å². The number of halogens is 3. The van der Waals surface area contributed by atoms with E-state index in [9.17, 15) is 18.0 Å². The van der Waals surface area contributed by atoms with Gasteiger partial charge in [0.1, 0.15) is 17.4 Å². The van der Waals surface area contributed by atoms with Crippen LogP contribution in [0.15, 0.2) is 59.5 Å². The van der Waals surface area contributed by atoms with E-state index in [4.69, 9.17) is 0 Å². The molecule has 0 aliphatic heterocycles. The molecule has 0 fully saturated rings. The maximum absolute atomic E-state index is 12.7. The molecule has 0 amide bonds.